The molecule has 16 heavy (non-hydrogen) atoms. The highest BCUT2D eigenvalue weighted by Gasteiger charge is 2.16. The molecule has 2 heteroatoms. The van der Waals surface area contributed by atoms with Crippen LogP contribution in [-0.4, -0.2) is 10.9 Å². The van der Waals surface area contributed by atoms with Gasteiger partial charge in [-0.05, 0) is 36.5 Å². The molecule has 0 N–H and O–H groups in total. The van der Waals surface area contributed by atoms with Crippen molar-refractivity contribution in [2.45, 2.75) is 32.1 Å². The summed E-state index contributed by atoms with van der Waals surface area (Å²) in [6.45, 7) is 0. The Labute approximate surface area is 103 Å². The summed E-state index contributed by atoms with van der Waals surface area (Å²) in [5.74, 6) is 1.37. The molecule has 0 amide bonds. The van der Waals surface area contributed by atoms with E-state index >= 15 is 0 Å². The maximum atomic E-state index is 6.07. The number of halogens is 1. The van der Waals surface area contributed by atoms with Gasteiger partial charge in [-0.15, -0.1) is 11.6 Å². The van der Waals surface area contributed by atoms with E-state index in [0.29, 0.717) is 11.8 Å². The summed E-state index contributed by atoms with van der Waals surface area (Å²) in [5.41, 5.74) is 2.61. The number of aromatic nitrogens is 1. The Kier molecular flexibility index (Phi) is 4.41. The number of allylic oxidation sites excluding steroid dienone is 1. The summed E-state index contributed by atoms with van der Waals surface area (Å²) >= 11 is 6.07. The molecule has 0 bridgehead atoms. The third-order valence-electron chi connectivity index (χ3n) is 3.34. The van der Waals surface area contributed by atoms with Crippen LogP contribution in [0.15, 0.2) is 30.1 Å². The topological polar surface area (TPSA) is 12.9 Å². The lowest BCUT2D eigenvalue weighted by Crippen LogP contribution is -2.10. The van der Waals surface area contributed by atoms with Crippen LogP contribution in [0.5, 0.6) is 0 Å². The highest BCUT2D eigenvalue weighted by Crippen LogP contribution is 2.31. The molecule has 1 nitrogen and oxygen atoms in total. The van der Waals surface area contributed by atoms with E-state index in [2.05, 4.69) is 11.1 Å². The van der Waals surface area contributed by atoms with Crippen molar-refractivity contribution in [3.8, 4) is 0 Å². The standard InChI is InChI=1S/C14H18ClN/c15-11-14(13-4-2-1-3-5-13)10-12-6-8-16-9-7-12/h6-10,13H,1-5,11H2. The molecule has 0 aromatic carbocycles. The van der Waals surface area contributed by atoms with E-state index in [4.69, 9.17) is 11.6 Å². The SMILES string of the molecule is ClCC(=Cc1ccncc1)C1CCCCC1. The van der Waals surface area contributed by atoms with Gasteiger partial charge in [0.05, 0.1) is 0 Å². The molecule has 1 aliphatic rings. The predicted octanol–water partition coefficient (Wildman–Crippen LogP) is 4.28. The van der Waals surface area contributed by atoms with E-state index < -0.39 is 0 Å². The first kappa shape index (κ1) is 11.7. The highest BCUT2D eigenvalue weighted by molar-refractivity contribution is 6.19. The summed E-state index contributed by atoms with van der Waals surface area (Å²) in [4.78, 5) is 4.03. The van der Waals surface area contributed by atoms with Crippen molar-refractivity contribution in [2.24, 2.45) is 5.92 Å². The molecule has 2 rings (SSSR count). The molecule has 0 saturated heterocycles. The summed E-state index contributed by atoms with van der Waals surface area (Å²) < 4.78 is 0. The van der Waals surface area contributed by atoms with E-state index in [0.717, 1.165) is 0 Å². The summed E-state index contributed by atoms with van der Waals surface area (Å²) in [6.07, 6.45) is 12.6. The van der Waals surface area contributed by atoms with Crippen molar-refractivity contribution < 1.29 is 0 Å². The summed E-state index contributed by atoms with van der Waals surface area (Å²) in [6, 6.07) is 4.07. The predicted molar refractivity (Wildman–Crippen MR) is 69.5 cm³/mol. The normalized spacial score (nSPS) is 18.7. The van der Waals surface area contributed by atoms with Crippen LogP contribution in [0.2, 0.25) is 0 Å². The van der Waals surface area contributed by atoms with Gasteiger partial charge in [-0.25, -0.2) is 0 Å². The molecular formula is C14H18ClN. The summed E-state index contributed by atoms with van der Waals surface area (Å²) in [5, 5.41) is 0. The average molecular weight is 236 g/mol. The molecule has 1 saturated carbocycles. The Morgan fingerprint density at radius 3 is 2.56 bits per heavy atom. The quantitative estimate of drug-likeness (QED) is 0.713. The second kappa shape index (κ2) is 6.05. The first-order chi connectivity index (χ1) is 7.90. The van der Waals surface area contributed by atoms with Crippen LogP contribution < -0.4 is 0 Å². The molecule has 0 radical (unpaired) electrons. The van der Waals surface area contributed by atoms with Crippen LogP contribution in [0, 0.1) is 5.92 Å². The fraction of sp³-hybridized carbons (Fsp3) is 0.500. The smallest absolute Gasteiger partial charge is 0.0439 e. The van der Waals surface area contributed by atoms with Crippen molar-refractivity contribution in [1.29, 1.82) is 0 Å². The van der Waals surface area contributed by atoms with Crippen LogP contribution >= 0.6 is 11.6 Å². The van der Waals surface area contributed by atoms with Crippen LogP contribution in [0.25, 0.3) is 6.08 Å². The van der Waals surface area contributed by atoms with Gasteiger partial charge in [-0.1, -0.05) is 30.9 Å². The van der Waals surface area contributed by atoms with Crippen LogP contribution in [-0.2, 0) is 0 Å². The molecule has 0 aliphatic heterocycles. The van der Waals surface area contributed by atoms with Gasteiger partial charge in [0, 0.05) is 18.3 Å². The van der Waals surface area contributed by atoms with Crippen molar-refractivity contribution in [3.05, 3.63) is 35.7 Å². The van der Waals surface area contributed by atoms with Crippen LogP contribution in [0.3, 0.4) is 0 Å². The lowest BCUT2D eigenvalue weighted by atomic mass is 9.84. The number of alkyl halides is 1. The minimum atomic E-state index is 0.660. The largest absolute Gasteiger partial charge is 0.265 e. The van der Waals surface area contributed by atoms with E-state index in [1.807, 2.05) is 24.5 Å². The van der Waals surface area contributed by atoms with E-state index in [1.165, 1.54) is 43.2 Å². The van der Waals surface area contributed by atoms with E-state index in [9.17, 15) is 0 Å². The fourth-order valence-electron chi connectivity index (χ4n) is 2.41. The first-order valence-corrected chi connectivity index (χ1v) is 6.60. The van der Waals surface area contributed by atoms with Crippen molar-refractivity contribution in [1.82, 2.24) is 4.98 Å². The van der Waals surface area contributed by atoms with Gasteiger partial charge in [0.15, 0.2) is 0 Å². The molecule has 1 aromatic heterocycles. The van der Waals surface area contributed by atoms with Crippen molar-refractivity contribution in [2.75, 3.05) is 5.88 Å². The van der Waals surface area contributed by atoms with Crippen molar-refractivity contribution >= 4 is 17.7 Å². The Morgan fingerprint density at radius 1 is 1.25 bits per heavy atom. The fourth-order valence-corrected chi connectivity index (χ4v) is 2.71. The third-order valence-corrected chi connectivity index (χ3v) is 3.65. The number of rotatable bonds is 3. The zero-order chi connectivity index (χ0) is 11.2. The van der Waals surface area contributed by atoms with Gasteiger partial charge in [-0.2, -0.15) is 0 Å². The lowest BCUT2D eigenvalue weighted by Gasteiger charge is -2.23. The van der Waals surface area contributed by atoms with Gasteiger partial charge in [-0.3, -0.25) is 4.98 Å². The molecule has 1 fully saturated rings. The van der Waals surface area contributed by atoms with E-state index in [1.54, 1.807) is 0 Å². The van der Waals surface area contributed by atoms with Gasteiger partial charge < -0.3 is 0 Å². The number of pyridine rings is 1. The van der Waals surface area contributed by atoms with E-state index in [-0.39, 0.29) is 0 Å². The minimum absolute atomic E-state index is 0.660. The van der Waals surface area contributed by atoms with Gasteiger partial charge in [0.2, 0.25) is 0 Å². The lowest BCUT2D eigenvalue weighted by molar-refractivity contribution is 0.405. The van der Waals surface area contributed by atoms with Crippen LogP contribution in [0.1, 0.15) is 37.7 Å². The second-order valence-electron chi connectivity index (χ2n) is 4.47. The summed E-state index contributed by atoms with van der Waals surface area (Å²) in [7, 11) is 0. The molecule has 0 spiro atoms. The Bertz CT molecular complexity index is 339. The molecule has 86 valence electrons. The van der Waals surface area contributed by atoms with Gasteiger partial charge >= 0.3 is 0 Å². The Hall–Kier alpha value is -0.820. The van der Waals surface area contributed by atoms with Crippen LogP contribution in [0.4, 0.5) is 0 Å². The third kappa shape index (κ3) is 3.08. The van der Waals surface area contributed by atoms with Gasteiger partial charge in [0.1, 0.15) is 0 Å². The van der Waals surface area contributed by atoms with Crippen molar-refractivity contribution in [3.63, 3.8) is 0 Å². The Balaban J connectivity index is 2.12. The molecule has 1 aliphatic carbocycles. The Morgan fingerprint density at radius 2 is 1.94 bits per heavy atom. The number of hydrogen-bond acceptors (Lipinski definition) is 1. The molecular weight excluding hydrogens is 218 g/mol. The molecule has 0 unspecified atom stereocenters. The minimum Gasteiger partial charge on any atom is -0.265 e. The number of hydrogen-bond donors (Lipinski definition) is 0. The maximum Gasteiger partial charge on any atom is 0.0439 e. The molecule has 1 heterocycles. The first-order valence-electron chi connectivity index (χ1n) is 6.06. The molecule has 1 aromatic rings. The number of nitrogens with zero attached hydrogens (tertiary/aromatic N) is 1. The maximum absolute atomic E-state index is 6.07. The second-order valence-corrected chi connectivity index (χ2v) is 4.74. The molecule has 0 atom stereocenters. The zero-order valence-corrected chi connectivity index (χ0v) is 10.3. The van der Waals surface area contributed by atoms with Gasteiger partial charge in [0.25, 0.3) is 0 Å². The monoisotopic (exact) mass is 235 g/mol. The highest BCUT2D eigenvalue weighted by atomic mass is 35.5. The zero-order valence-electron chi connectivity index (χ0n) is 9.53. The average Bonchev–Trinajstić information content (AvgIpc) is 2.38.